The zero-order chi connectivity index (χ0) is 24.7. The number of benzene rings is 1. The van der Waals surface area contributed by atoms with Crippen molar-refractivity contribution in [3.63, 3.8) is 0 Å². The number of piperidine rings is 1. The number of nitrogens with two attached hydrogens (primary N) is 1. The molecule has 4 N–H and O–H groups in total. The summed E-state index contributed by atoms with van der Waals surface area (Å²) in [6.07, 6.45) is 4.76. The predicted octanol–water partition coefficient (Wildman–Crippen LogP) is 2.87. The quantitative estimate of drug-likeness (QED) is 0.411. The number of hydrogen-bond acceptors (Lipinski definition) is 8. The number of pyridine rings is 1. The van der Waals surface area contributed by atoms with Crippen LogP contribution in [0.15, 0.2) is 47.6 Å². The van der Waals surface area contributed by atoms with Gasteiger partial charge in [-0.2, -0.15) is 8.42 Å². The lowest BCUT2D eigenvalue weighted by Gasteiger charge is -2.39. The molecular formula is C22H29N5O5S2. The highest BCUT2D eigenvalue weighted by Gasteiger charge is 2.32. The third-order valence-electron chi connectivity index (χ3n) is 6.49. The maximum Gasteiger partial charge on any atom is 0.269 e. The van der Waals surface area contributed by atoms with Gasteiger partial charge >= 0.3 is 0 Å². The first-order valence-corrected chi connectivity index (χ1v) is 14.0. The van der Waals surface area contributed by atoms with Crippen LogP contribution in [0.3, 0.4) is 0 Å². The van der Waals surface area contributed by atoms with Gasteiger partial charge in [-0.15, -0.1) is 0 Å². The number of nitrogens with one attached hydrogen (secondary N) is 1. The van der Waals surface area contributed by atoms with Crippen molar-refractivity contribution in [1.82, 2.24) is 14.0 Å². The molecule has 0 radical (unpaired) electrons. The van der Waals surface area contributed by atoms with Crippen molar-refractivity contribution < 1.29 is 21.4 Å². The molecule has 0 bridgehead atoms. The van der Waals surface area contributed by atoms with Crippen LogP contribution in [0.5, 0.6) is 0 Å². The number of anilines is 2. The second kappa shape index (κ2) is 8.84. The molecule has 34 heavy (non-hydrogen) atoms. The van der Waals surface area contributed by atoms with Crippen LogP contribution in [0, 0.1) is 12.3 Å². The number of hydrogen-bond donors (Lipinski definition) is 3. The first-order chi connectivity index (χ1) is 15.9. The maximum absolute atomic E-state index is 13.2. The number of nitrogens with zero attached hydrogens (tertiary/aromatic N) is 3. The van der Waals surface area contributed by atoms with E-state index < -0.39 is 20.1 Å². The van der Waals surface area contributed by atoms with E-state index in [2.05, 4.69) is 10.4 Å². The predicted molar refractivity (Wildman–Crippen MR) is 131 cm³/mol. The van der Waals surface area contributed by atoms with E-state index in [0.717, 1.165) is 22.4 Å². The number of aromatic nitrogens is 2. The van der Waals surface area contributed by atoms with Gasteiger partial charge in [0.1, 0.15) is 0 Å². The topological polar surface area (TPSA) is 148 Å². The normalized spacial score (nSPS) is 17.1. The lowest BCUT2D eigenvalue weighted by atomic mass is 9.78. The summed E-state index contributed by atoms with van der Waals surface area (Å²) in [5, 5.41) is 2.56. The monoisotopic (exact) mass is 507 g/mol. The van der Waals surface area contributed by atoms with Crippen molar-refractivity contribution in [2.75, 3.05) is 30.0 Å². The molecule has 3 aromatic rings. The minimum Gasteiger partial charge on any atom is -0.396 e. The lowest BCUT2D eigenvalue weighted by molar-refractivity contribution is 0.134. The Morgan fingerprint density at radius 1 is 1.12 bits per heavy atom. The standard InChI is InChI=1S/C22H29N5O5S2/c1-16-3-5-17(6-4-16)34(31,32)27-11-7-18-20(19(23)15-24-21(18)27)25-26-12-8-22(2,9-13-26)10-14-33(28,29)30/h3-7,11,15H,8-10,12-14,23H2,1-2H3,(H,24,25)(H,28,29,30). The van der Waals surface area contributed by atoms with Gasteiger partial charge in [-0.1, -0.05) is 24.6 Å². The van der Waals surface area contributed by atoms with Crippen LogP contribution in [0.2, 0.25) is 0 Å². The van der Waals surface area contributed by atoms with Gasteiger partial charge < -0.3 is 11.2 Å². The Morgan fingerprint density at radius 3 is 2.38 bits per heavy atom. The fourth-order valence-corrected chi connectivity index (χ4v) is 6.21. The van der Waals surface area contributed by atoms with Crippen molar-refractivity contribution in [1.29, 1.82) is 0 Å². The molecule has 0 amide bonds. The third-order valence-corrected chi connectivity index (χ3v) is 8.89. The van der Waals surface area contributed by atoms with Gasteiger partial charge in [-0.05, 0) is 49.8 Å². The minimum absolute atomic E-state index is 0.170. The first kappa shape index (κ1) is 24.5. The molecule has 4 rings (SSSR count). The maximum atomic E-state index is 13.2. The Balaban J connectivity index is 1.56. The first-order valence-electron chi connectivity index (χ1n) is 10.9. The highest BCUT2D eigenvalue weighted by molar-refractivity contribution is 7.90. The smallest absolute Gasteiger partial charge is 0.269 e. The van der Waals surface area contributed by atoms with Gasteiger partial charge in [0.25, 0.3) is 20.1 Å². The molecule has 0 unspecified atom stereocenters. The zero-order valence-corrected chi connectivity index (χ0v) is 20.7. The van der Waals surface area contributed by atoms with Crippen LogP contribution in [0.1, 0.15) is 31.7 Å². The van der Waals surface area contributed by atoms with Gasteiger partial charge in [0.05, 0.1) is 28.2 Å². The molecule has 1 fully saturated rings. The number of fused-ring (bicyclic) bond motifs is 1. The summed E-state index contributed by atoms with van der Waals surface area (Å²) in [7, 11) is -7.82. The number of rotatable bonds is 7. The Bertz CT molecular complexity index is 1410. The number of hydrazine groups is 1. The van der Waals surface area contributed by atoms with Crippen LogP contribution in [0.4, 0.5) is 11.4 Å². The van der Waals surface area contributed by atoms with Crippen LogP contribution in [-0.4, -0.2) is 54.2 Å². The van der Waals surface area contributed by atoms with E-state index in [1.165, 1.54) is 12.4 Å². The highest BCUT2D eigenvalue weighted by Crippen LogP contribution is 2.36. The Morgan fingerprint density at radius 2 is 1.76 bits per heavy atom. The fourth-order valence-electron chi connectivity index (χ4n) is 4.16. The van der Waals surface area contributed by atoms with Gasteiger partial charge in [0, 0.05) is 24.7 Å². The van der Waals surface area contributed by atoms with E-state index in [4.69, 9.17) is 10.3 Å². The summed E-state index contributed by atoms with van der Waals surface area (Å²) >= 11 is 0. The van der Waals surface area contributed by atoms with E-state index in [1.54, 1.807) is 30.3 Å². The molecule has 0 aliphatic carbocycles. The molecule has 1 saturated heterocycles. The minimum atomic E-state index is -3.99. The second-order valence-corrected chi connectivity index (χ2v) is 12.6. The van der Waals surface area contributed by atoms with E-state index >= 15 is 0 Å². The molecule has 1 aliphatic rings. The molecular weight excluding hydrogens is 478 g/mol. The molecule has 0 atom stereocenters. The average Bonchev–Trinajstić information content (AvgIpc) is 3.21. The highest BCUT2D eigenvalue weighted by atomic mass is 32.2. The third kappa shape index (κ3) is 5.04. The molecule has 0 spiro atoms. The summed E-state index contributed by atoms with van der Waals surface area (Å²) in [6.45, 7) is 5.17. The molecule has 1 aliphatic heterocycles. The Labute approximate surface area is 199 Å². The second-order valence-electron chi connectivity index (χ2n) is 9.20. The van der Waals surface area contributed by atoms with Gasteiger partial charge in [0.2, 0.25) is 0 Å². The van der Waals surface area contributed by atoms with Crippen LogP contribution >= 0.6 is 0 Å². The van der Waals surface area contributed by atoms with Crippen LogP contribution in [0.25, 0.3) is 11.0 Å². The van der Waals surface area contributed by atoms with Gasteiger partial charge in [0.15, 0.2) is 5.65 Å². The van der Waals surface area contributed by atoms with Crippen molar-refractivity contribution in [2.45, 2.75) is 38.0 Å². The number of nitrogen functional groups attached to an aromatic ring is 1. The van der Waals surface area contributed by atoms with Gasteiger partial charge in [-0.3, -0.25) is 4.55 Å². The average molecular weight is 508 g/mol. The Kier molecular flexibility index (Phi) is 6.36. The zero-order valence-electron chi connectivity index (χ0n) is 19.1. The van der Waals surface area contributed by atoms with Gasteiger partial charge in [-0.25, -0.2) is 22.4 Å². The summed E-state index contributed by atoms with van der Waals surface area (Å²) < 4.78 is 58.9. The summed E-state index contributed by atoms with van der Waals surface area (Å²) in [4.78, 5) is 4.46. The number of aryl methyl sites for hydroxylation is 1. The SMILES string of the molecule is Cc1ccc(S(=O)(=O)n2ccc3c(NN4CCC(C)(CCS(=O)(=O)O)CC4)c(N)cnc32)cc1. The van der Waals surface area contributed by atoms with E-state index in [0.29, 0.717) is 36.3 Å². The summed E-state index contributed by atoms with van der Waals surface area (Å²) in [5.41, 5.74) is 11.5. The van der Waals surface area contributed by atoms with Crippen molar-refractivity contribution >= 4 is 42.5 Å². The largest absolute Gasteiger partial charge is 0.396 e. The van der Waals surface area contributed by atoms with Crippen LogP contribution in [-0.2, 0) is 20.1 Å². The Hall–Kier alpha value is -2.67. The van der Waals surface area contributed by atoms with Crippen molar-refractivity contribution in [3.8, 4) is 0 Å². The molecule has 2 aromatic heterocycles. The molecule has 3 heterocycles. The summed E-state index contributed by atoms with van der Waals surface area (Å²) in [6, 6.07) is 8.31. The summed E-state index contributed by atoms with van der Waals surface area (Å²) in [5.74, 6) is -0.252. The molecule has 12 heteroatoms. The van der Waals surface area contributed by atoms with E-state index in [1.807, 2.05) is 18.9 Å². The van der Waals surface area contributed by atoms with E-state index in [9.17, 15) is 16.8 Å². The molecule has 1 aromatic carbocycles. The van der Waals surface area contributed by atoms with E-state index in [-0.39, 0.29) is 21.7 Å². The van der Waals surface area contributed by atoms with Crippen molar-refractivity contribution in [3.05, 3.63) is 48.3 Å². The van der Waals surface area contributed by atoms with Crippen LogP contribution < -0.4 is 11.2 Å². The van der Waals surface area contributed by atoms with Crippen molar-refractivity contribution in [2.24, 2.45) is 5.41 Å². The molecule has 0 saturated carbocycles. The molecule has 184 valence electrons. The fraction of sp³-hybridized carbons (Fsp3) is 0.409. The lowest BCUT2D eigenvalue weighted by Crippen LogP contribution is -2.42. The molecule has 10 nitrogen and oxygen atoms in total.